The van der Waals surface area contributed by atoms with E-state index in [1.54, 1.807) is 113 Å². The van der Waals surface area contributed by atoms with Crippen molar-refractivity contribution in [1.29, 1.82) is 0 Å². The molecule has 62 heavy (non-hydrogen) atoms. The van der Waals surface area contributed by atoms with Crippen LogP contribution in [-0.2, 0) is 47.5 Å². The molecule has 3 unspecified atom stereocenters. The molecule has 0 radical (unpaired) electrons. The number of carboxylic acid groups (broad SMARTS) is 2. The highest BCUT2D eigenvalue weighted by Gasteiger charge is 2.57. The second-order valence-corrected chi connectivity index (χ2v) is 15.2. The van der Waals surface area contributed by atoms with Crippen molar-refractivity contribution in [1.82, 2.24) is 0 Å². The number of carbonyl (C=O) groups is 5. The van der Waals surface area contributed by atoms with E-state index in [2.05, 4.69) is 13.2 Å². The number of ether oxygens (including phenoxy) is 8. The van der Waals surface area contributed by atoms with Crippen LogP contribution < -0.4 is 0 Å². The Hall–Kier alpha value is -5.71. The Morgan fingerprint density at radius 1 is 0.597 bits per heavy atom. The van der Waals surface area contributed by atoms with Crippen LogP contribution in [0.2, 0.25) is 0 Å². The summed E-state index contributed by atoms with van der Waals surface area (Å²) >= 11 is 0. The van der Waals surface area contributed by atoms with Gasteiger partial charge in [0.15, 0.2) is 11.4 Å². The van der Waals surface area contributed by atoms with Crippen LogP contribution in [0.3, 0.4) is 0 Å². The number of methoxy groups -OCH3 is 4. The second-order valence-electron chi connectivity index (χ2n) is 15.2. The zero-order valence-electron chi connectivity index (χ0n) is 36.9. The lowest BCUT2D eigenvalue weighted by atomic mass is 9.78. The molecular weight excluding hydrogens is 805 g/mol. The Labute approximate surface area is 363 Å². The summed E-state index contributed by atoms with van der Waals surface area (Å²) in [4.78, 5) is 58.7. The SMILES string of the molecule is C=C(C)C[C@@H](OC)[C@H](OC(=O)c1ccccc1)C(=O)O.C=C(C)C[C@H](OC)[C@H](OC(=O)c1ccccc1)C(=O)O.COC1(C)CC(C)(OC)C(C)(OC(=O)c2ccccc2)CO1. The third-order valence-electron chi connectivity index (χ3n) is 9.99. The molecule has 15 heteroatoms. The first-order valence-corrected chi connectivity index (χ1v) is 19.5. The van der Waals surface area contributed by atoms with Crippen molar-refractivity contribution in [3.63, 3.8) is 0 Å². The van der Waals surface area contributed by atoms with Crippen LogP contribution >= 0.6 is 0 Å². The molecule has 338 valence electrons. The summed E-state index contributed by atoms with van der Waals surface area (Å²) in [5, 5.41) is 18.4. The van der Waals surface area contributed by atoms with E-state index in [1.807, 2.05) is 26.8 Å². The van der Waals surface area contributed by atoms with Gasteiger partial charge >= 0.3 is 29.8 Å². The molecule has 4 rings (SSSR count). The first-order valence-electron chi connectivity index (χ1n) is 19.5. The second kappa shape index (κ2) is 24.7. The molecule has 0 bridgehead atoms. The first kappa shape index (κ1) is 52.4. The van der Waals surface area contributed by atoms with Gasteiger partial charge < -0.3 is 48.1 Å². The molecule has 0 aliphatic carbocycles. The number of rotatable bonds is 18. The molecule has 1 fully saturated rings. The standard InChI is InChI=1S/C17H24O5.2C15H18O5/c1-15(19-4)11-17(3,20-5)21-12-16(15,2)22-14(18)13-9-7-6-8-10-13;2*1-10(2)9-12(19-3)13(14(16)17)20-15(18)11-7-5-4-6-8-11/h6-10H,11-12H2,1-5H3;2*4-8,12-13H,1,9H2,2-3H3,(H,16,17)/t;12-,13+;12-,13-/m.10/s1. The Kier molecular flexibility index (Phi) is 20.9. The third-order valence-corrected chi connectivity index (χ3v) is 9.99. The Morgan fingerprint density at radius 2 is 0.952 bits per heavy atom. The van der Waals surface area contributed by atoms with Crippen molar-refractivity contribution in [2.75, 3.05) is 35.0 Å². The maximum atomic E-state index is 12.4. The third kappa shape index (κ3) is 15.6. The normalized spacial score (nSPS) is 21.0. The monoisotopic (exact) mass is 864 g/mol. The van der Waals surface area contributed by atoms with E-state index < -0.39 is 71.3 Å². The van der Waals surface area contributed by atoms with E-state index in [0.29, 0.717) is 36.0 Å². The molecule has 1 saturated heterocycles. The number of esters is 3. The lowest BCUT2D eigenvalue weighted by Gasteiger charge is -2.52. The summed E-state index contributed by atoms with van der Waals surface area (Å²) in [6.07, 6.45) is -3.22. The van der Waals surface area contributed by atoms with Crippen LogP contribution in [0.15, 0.2) is 115 Å². The molecule has 15 nitrogen and oxygen atoms in total. The highest BCUT2D eigenvalue weighted by Crippen LogP contribution is 2.43. The summed E-state index contributed by atoms with van der Waals surface area (Å²) in [5.74, 6) is -5.03. The van der Waals surface area contributed by atoms with Crippen molar-refractivity contribution >= 4 is 29.8 Å². The molecule has 0 saturated carbocycles. The number of benzene rings is 3. The van der Waals surface area contributed by atoms with Gasteiger partial charge in [0.05, 0.1) is 23.3 Å². The molecule has 1 aliphatic rings. The predicted molar refractivity (Wildman–Crippen MR) is 229 cm³/mol. The van der Waals surface area contributed by atoms with Gasteiger partial charge in [0.2, 0.25) is 12.2 Å². The quantitative estimate of drug-likeness (QED) is 0.0730. The molecule has 0 spiro atoms. The predicted octanol–water partition coefficient (Wildman–Crippen LogP) is 7.35. The minimum absolute atomic E-state index is 0.195. The van der Waals surface area contributed by atoms with Crippen LogP contribution in [0, 0.1) is 0 Å². The fourth-order valence-electron chi connectivity index (χ4n) is 6.09. The van der Waals surface area contributed by atoms with Gasteiger partial charge in [-0.2, -0.15) is 0 Å². The number of aliphatic carboxylic acids is 2. The van der Waals surface area contributed by atoms with E-state index in [9.17, 15) is 34.2 Å². The van der Waals surface area contributed by atoms with Crippen molar-refractivity contribution in [3.8, 4) is 0 Å². The summed E-state index contributed by atoms with van der Waals surface area (Å²) < 4.78 is 43.0. The highest BCUT2D eigenvalue weighted by molar-refractivity contribution is 5.92. The van der Waals surface area contributed by atoms with Crippen molar-refractivity contribution in [3.05, 3.63) is 132 Å². The van der Waals surface area contributed by atoms with Gasteiger partial charge in [-0.1, -0.05) is 65.7 Å². The Morgan fingerprint density at radius 3 is 1.24 bits per heavy atom. The van der Waals surface area contributed by atoms with Crippen LogP contribution in [0.25, 0.3) is 0 Å². The van der Waals surface area contributed by atoms with Crippen LogP contribution in [-0.4, -0.2) is 117 Å². The molecule has 1 aliphatic heterocycles. The molecule has 7 atom stereocenters. The van der Waals surface area contributed by atoms with Crippen molar-refractivity contribution in [2.24, 2.45) is 0 Å². The van der Waals surface area contributed by atoms with Crippen LogP contribution in [0.5, 0.6) is 0 Å². The van der Waals surface area contributed by atoms with Gasteiger partial charge in [-0.3, -0.25) is 0 Å². The first-order chi connectivity index (χ1) is 29.2. The summed E-state index contributed by atoms with van der Waals surface area (Å²) in [5.41, 5.74) is 0.959. The largest absolute Gasteiger partial charge is 0.478 e. The summed E-state index contributed by atoms with van der Waals surface area (Å²) in [6.45, 7) is 16.7. The highest BCUT2D eigenvalue weighted by atomic mass is 16.7. The van der Waals surface area contributed by atoms with Gasteiger partial charge in [-0.25, -0.2) is 24.0 Å². The smallest absolute Gasteiger partial charge is 0.347 e. The van der Waals surface area contributed by atoms with Gasteiger partial charge in [0.1, 0.15) is 17.8 Å². The minimum atomic E-state index is -1.37. The number of carboxylic acids is 2. The van der Waals surface area contributed by atoms with Gasteiger partial charge in [-0.15, -0.1) is 13.2 Å². The van der Waals surface area contributed by atoms with Crippen molar-refractivity contribution in [2.45, 2.75) is 95.3 Å². The molecule has 2 N–H and O–H groups in total. The Balaban J connectivity index is 0.000000321. The van der Waals surface area contributed by atoms with E-state index in [4.69, 9.17) is 37.9 Å². The number of hydrogen-bond donors (Lipinski definition) is 2. The van der Waals surface area contributed by atoms with E-state index in [-0.39, 0.29) is 6.61 Å². The zero-order chi connectivity index (χ0) is 46.7. The summed E-state index contributed by atoms with van der Waals surface area (Å²) in [7, 11) is 5.95. The Bertz CT molecular complexity index is 1840. The summed E-state index contributed by atoms with van der Waals surface area (Å²) in [6, 6.07) is 25.3. The van der Waals surface area contributed by atoms with E-state index in [1.165, 1.54) is 14.2 Å². The van der Waals surface area contributed by atoms with Crippen LogP contribution in [0.4, 0.5) is 0 Å². The topological polar surface area (TPSA) is 200 Å². The van der Waals surface area contributed by atoms with E-state index >= 15 is 0 Å². The lowest BCUT2D eigenvalue weighted by Crippen LogP contribution is -2.65. The number of hydrogen-bond acceptors (Lipinski definition) is 13. The van der Waals surface area contributed by atoms with Gasteiger partial charge in [-0.05, 0) is 83.9 Å². The van der Waals surface area contributed by atoms with E-state index in [0.717, 1.165) is 11.1 Å². The molecule has 3 aromatic carbocycles. The fourth-order valence-corrected chi connectivity index (χ4v) is 6.09. The molecule has 1 heterocycles. The average molecular weight is 865 g/mol. The molecule has 0 aromatic heterocycles. The average Bonchev–Trinajstić information content (AvgIpc) is 3.25. The zero-order valence-corrected chi connectivity index (χ0v) is 36.9. The fraction of sp³-hybridized carbons (Fsp3) is 0.426. The lowest BCUT2D eigenvalue weighted by molar-refractivity contribution is -0.323. The number of carbonyl (C=O) groups excluding carboxylic acids is 3. The molecular formula is C47H60O15. The van der Waals surface area contributed by atoms with Crippen molar-refractivity contribution < 1.29 is 72.1 Å². The maximum Gasteiger partial charge on any atom is 0.347 e. The molecule has 3 aromatic rings. The van der Waals surface area contributed by atoms with Gasteiger partial charge in [0, 0.05) is 34.9 Å². The van der Waals surface area contributed by atoms with Crippen LogP contribution in [0.1, 0.15) is 85.0 Å². The minimum Gasteiger partial charge on any atom is -0.478 e. The van der Waals surface area contributed by atoms with Gasteiger partial charge in [0.25, 0.3) is 0 Å². The molecule has 0 amide bonds. The maximum absolute atomic E-state index is 12.4.